The molecule has 0 aromatic heterocycles. The van der Waals surface area contributed by atoms with Crippen molar-refractivity contribution in [3.05, 3.63) is 24.3 Å². The van der Waals surface area contributed by atoms with Crippen molar-refractivity contribution in [2.75, 3.05) is 11.9 Å². The highest BCUT2D eigenvalue weighted by Gasteiger charge is 2.28. The van der Waals surface area contributed by atoms with Crippen LogP contribution in [0.3, 0.4) is 0 Å². The molecule has 0 atom stereocenters. The van der Waals surface area contributed by atoms with Crippen LogP contribution in [-0.2, 0) is 4.79 Å². The van der Waals surface area contributed by atoms with E-state index in [9.17, 15) is 18.0 Å². The monoisotopic (exact) mass is 261 g/mol. The van der Waals surface area contributed by atoms with E-state index in [1.54, 1.807) is 0 Å². The molecule has 3 nitrogen and oxygen atoms in total. The van der Waals surface area contributed by atoms with Crippen molar-refractivity contribution < 1.29 is 22.7 Å². The molecule has 6 heteroatoms. The summed E-state index contributed by atoms with van der Waals surface area (Å²) in [6, 6.07) is 5.76. The van der Waals surface area contributed by atoms with E-state index in [2.05, 4.69) is 10.1 Å². The second-order valence-electron chi connectivity index (χ2n) is 3.73. The average molecular weight is 261 g/mol. The first kappa shape index (κ1) is 14.3. The third-order valence-electron chi connectivity index (χ3n) is 2.02. The minimum atomic E-state index is -4.35. The van der Waals surface area contributed by atoms with Crippen molar-refractivity contribution in [2.45, 2.75) is 25.9 Å². The Labute approximate surface area is 103 Å². The first-order valence-corrected chi connectivity index (χ1v) is 5.50. The van der Waals surface area contributed by atoms with Crippen LogP contribution in [-0.4, -0.2) is 18.7 Å². The third kappa shape index (κ3) is 5.56. The maximum atomic E-state index is 11.9. The molecule has 0 saturated carbocycles. The highest BCUT2D eigenvalue weighted by Crippen LogP contribution is 2.20. The van der Waals surface area contributed by atoms with Crippen LogP contribution in [0.15, 0.2) is 24.3 Å². The number of anilines is 1. The van der Waals surface area contributed by atoms with Crippen molar-refractivity contribution in [3.63, 3.8) is 0 Å². The van der Waals surface area contributed by atoms with E-state index in [1.807, 2.05) is 6.92 Å². The van der Waals surface area contributed by atoms with Crippen LogP contribution in [0.5, 0.6) is 5.75 Å². The molecule has 1 aromatic rings. The molecule has 1 aromatic carbocycles. The smallest absolute Gasteiger partial charge is 0.422 e. The average Bonchev–Trinajstić information content (AvgIpc) is 2.27. The van der Waals surface area contributed by atoms with E-state index >= 15 is 0 Å². The Bertz CT molecular complexity index is 387. The molecule has 18 heavy (non-hydrogen) atoms. The van der Waals surface area contributed by atoms with Crippen LogP contribution in [0.25, 0.3) is 0 Å². The number of alkyl halides is 3. The van der Waals surface area contributed by atoms with E-state index in [0.717, 1.165) is 6.42 Å². The van der Waals surface area contributed by atoms with Crippen molar-refractivity contribution in [2.24, 2.45) is 0 Å². The fourth-order valence-electron chi connectivity index (χ4n) is 1.25. The lowest BCUT2D eigenvalue weighted by molar-refractivity contribution is -0.153. The van der Waals surface area contributed by atoms with Crippen LogP contribution >= 0.6 is 0 Å². The summed E-state index contributed by atoms with van der Waals surface area (Å²) in [5, 5.41) is 2.63. The highest BCUT2D eigenvalue weighted by molar-refractivity contribution is 5.90. The molecule has 100 valence electrons. The zero-order chi connectivity index (χ0) is 13.6. The SMILES string of the molecule is CCCC(=O)Nc1ccc(OCC(F)(F)F)cc1. The van der Waals surface area contributed by atoms with Gasteiger partial charge < -0.3 is 10.1 Å². The van der Waals surface area contributed by atoms with Crippen LogP contribution in [0, 0.1) is 0 Å². The third-order valence-corrected chi connectivity index (χ3v) is 2.02. The lowest BCUT2D eigenvalue weighted by atomic mass is 10.2. The van der Waals surface area contributed by atoms with Gasteiger partial charge in [0.05, 0.1) is 0 Å². The lowest BCUT2D eigenvalue weighted by Gasteiger charge is -2.10. The Morgan fingerprint density at radius 1 is 1.28 bits per heavy atom. The molecule has 0 radical (unpaired) electrons. The van der Waals surface area contributed by atoms with Crippen LogP contribution < -0.4 is 10.1 Å². The van der Waals surface area contributed by atoms with Gasteiger partial charge in [0, 0.05) is 12.1 Å². The number of ether oxygens (including phenoxy) is 1. The quantitative estimate of drug-likeness (QED) is 0.882. The molecule has 0 bridgehead atoms. The predicted octanol–water partition coefficient (Wildman–Crippen LogP) is 3.37. The summed E-state index contributed by atoms with van der Waals surface area (Å²) in [6.07, 6.45) is -3.21. The summed E-state index contributed by atoms with van der Waals surface area (Å²) in [5.74, 6) is -0.0118. The summed E-state index contributed by atoms with van der Waals surface area (Å²) in [7, 11) is 0. The van der Waals surface area contributed by atoms with Crippen LogP contribution in [0.4, 0.5) is 18.9 Å². The Kier molecular flexibility index (Phi) is 5.00. The van der Waals surface area contributed by atoms with E-state index in [4.69, 9.17) is 0 Å². The van der Waals surface area contributed by atoms with Gasteiger partial charge in [-0.15, -0.1) is 0 Å². The molecule has 0 aliphatic heterocycles. The molecule has 0 unspecified atom stereocenters. The number of hydrogen-bond acceptors (Lipinski definition) is 2. The minimum Gasteiger partial charge on any atom is -0.484 e. The fourth-order valence-corrected chi connectivity index (χ4v) is 1.25. The van der Waals surface area contributed by atoms with Gasteiger partial charge in [0.1, 0.15) is 5.75 Å². The predicted molar refractivity (Wildman–Crippen MR) is 61.5 cm³/mol. The normalized spacial score (nSPS) is 11.1. The van der Waals surface area contributed by atoms with E-state index in [1.165, 1.54) is 24.3 Å². The van der Waals surface area contributed by atoms with Gasteiger partial charge in [-0.25, -0.2) is 0 Å². The van der Waals surface area contributed by atoms with Gasteiger partial charge in [-0.05, 0) is 30.7 Å². The van der Waals surface area contributed by atoms with Crippen molar-refractivity contribution >= 4 is 11.6 Å². The molecular formula is C12H14F3NO2. The zero-order valence-corrected chi connectivity index (χ0v) is 9.88. The van der Waals surface area contributed by atoms with E-state index in [0.29, 0.717) is 12.1 Å². The molecule has 0 spiro atoms. The van der Waals surface area contributed by atoms with E-state index < -0.39 is 12.8 Å². The molecule has 1 N–H and O–H groups in total. The fraction of sp³-hybridized carbons (Fsp3) is 0.417. The highest BCUT2D eigenvalue weighted by atomic mass is 19.4. The molecule has 0 aliphatic carbocycles. The zero-order valence-electron chi connectivity index (χ0n) is 9.88. The maximum Gasteiger partial charge on any atom is 0.422 e. The van der Waals surface area contributed by atoms with Crippen LogP contribution in [0.2, 0.25) is 0 Å². The van der Waals surface area contributed by atoms with Gasteiger partial charge in [0.25, 0.3) is 0 Å². The lowest BCUT2D eigenvalue weighted by Crippen LogP contribution is -2.19. The number of benzene rings is 1. The van der Waals surface area contributed by atoms with Gasteiger partial charge in [-0.3, -0.25) is 4.79 Å². The van der Waals surface area contributed by atoms with Gasteiger partial charge in [0.2, 0.25) is 5.91 Å². The Balaban J connectivity index is 2.50. The second kappa shape index (κ2) is 6.28. The number of halogens is 3. The summed E-state index contributed by atoms with van der Waals surface area (Å²) in [4.78, 5) is 11.3. The molecule has 0 heterocycles. The standard InChI is InChI=1S/C12H14F3NO2/c1-2-3-11(17)16-9-4-6-10(7-5-9)18-8-12(13,14)15/h4-7H,2-3,8H2,1H3,(H,16,17). The first-order chi connectivity index (χ1) is 8.40. The van der Waals surface area contributed by atoms with E-state index in [-0.39, 0.29) is 11.7 Å². The van der Waals surface area contributed by atoms with Crippen LogP contribution in [0.1, 0.15) is 19.8 Å². The van der Waals surface area contributed by atoms with Gasteiger partial charge in [0.15, 0.2) is 6.61 Å². The van der Waals surface area contributed by atoms with Crippen molar-refractivity contribution in [1.29, 1.82) is 0 Å². The molecule has 0 fully saturated rings. The molecular weight excluding hydrogens is 247 g/mol. The topological polar surface area (TPSA) is 38.3 Å². The first-order valence-electron chi connectivity index (χ1n) is 5.50. The maximum absolute atomic E-state index is 11.9. The largest absolute Gasteiger partial charge is 0.484 e. The molecule has 0 aliphatic rings. The van der Waals surface area contributed by atoms with Gasteiger partial charge >= 0.3 is 6.18 Å². The van der Waals surface area contributed by atoms with Gasteiger partial charge in [-0.1, -0.05) is 6.92 Å². The number of amides is 1. The summed E-state index contributed by atoms with van der Waals surface area (Å²) in [6.45, 7) is 0.558. The number of hydrogen-bond donors (Lipinski definition) is 1. The summed E-state index contributed by atoms with van der Waals surface area (Å²) in [5.41, 5.74) is 0.535. The Hall–Kier alpha value is -1.72. The molecule has 0 saturated heterocycles. The number of carbonyl (C=O) groups is 1. The number of rotatable bonds is 5. The van der Waals surface area contributed by atoms with Crippen molar-refractivity contribution in [3.8, 4) is 5.75 Å². The van der Waals surface area contributed by atoms with Gasteiger partial charge in [-0.2, -0.15) is 13.2 Å². The Morgan fingerprint density at radius 2 is 1.89 bits per heavy atom. The summed E-state index contributed by atoms with van der Waals surface area (Å²) < 4.78 is 40.2. The molecule has 1 amide bonds. The number of carbonyl (C=O) groups excluding carboxylic acids is 1. The second-order valence-corrected chi connectivity index (χ2v) is 3.73. The minimum absolute atomic E-state index is 0.112. The number of nitrogens with one attached hydrogen (secondary N) is 1. The Morgan fingerprint density at radius 3 is 2.39 bits per heavy atom. The summed E-state index contributed by atoms with van der Waals surface area (Å²) >= 11 is 0. The molecule has 1 rings (SSSR count). The van der Waals surface area contributed by atoms with Crippen molar-refractivity contribution in [1.82, 2.24) is 0 Å².